The number of fused-ring (bicyclic) bond motifs is 13. The summed E-state index contributed by atoms with van der Waals surface area (Å²) in [6.07, 6.45) is 0. The second-order valence-corrected chi connectivity index (χ2v) is 16.2. The fraction of sp³-hybridized carbons (Fsp3) is 0. The van der Waals surface area contributed by atoms with Gasteiger partial charge in [0, 0.05) is 63.9 Å². The smallest absolute Gasteiger partial charge is 0.159 e. The summed E-state index contributed by atoms with van der Waals surface area (Å²) in [5.74, 6) is 0. The van der Waals surface area contributed by atoms with E-state index in [1.54, 1.807) is 0 Å². The van der Waals surface area contributed by atoms with Crippen LogP contribution in [0.15, 0.2) is 201 Å². The van der Waals surface area contributed by atoms with Crippen molar-refractivity contribution in [1.82, 2.24) is 0 Å². The highest BCUT2D eigenvalue weighted by atomic mass is 32.1. The van der Waals surface area contributed by atoms with Gasteiger partial charge in [0.05, 0.1) is 5.69 Å². The van der Waals surface area contributed by atoms with Crippen molar-refractivity contribution in [2.24, 2.45) is 0 Å². The second kappa shape index (κ2) is 12.4. The Morgan fingerprint density at radius 1 is 0.339 bits per heavy atom. The van der Waals surface area contributed by atoms with Gasteiger partial charge in [0.2, 0.25) is 0 Å². The zero-order valence-corrected chi connectivity index (χ0v) is 32.3. The summed E-state index contributed by atoms with van der Waals surface area (Å²) in [7, 11) is 0. The molecule has 0 fully saturated rings. The fourth-order valence-electron chi connectivity index (χ4n) is 9.15. The first kappa shape index (κ1) is 32.5. The molecule has 276 valence electrons. The summed E-state index contributed by atoms with van der Waals surface area (Å²) in [4.78, 5) is 2.33. The molecule has 13 rings (SSSR count). The van der Waals surface area contributed by atoms with E-state index in [0.29, 0.717) is 0 Å². The molecule has 0 saturated carbocycles. The maximum atomic E-state index is 6.67. The van der Waals surface area contributed by atoms with Gasteiger partial charge in [-0.15, -0.1) is 11.3 Å². The van der Waals surface area contributed by atoms with Crippen LogP contribution in [0.25, 0.3) is 108 Å². The van der Waals surface area contributed by atoms with Crippen LogP contribution in [0.4, 0.5) is 17.1 Å². The van der Waals surface area contributed by atoms with E-state index in [1.165, 1.54) is 31.1 Å². The van der Waals surface area contributed by atoms with Crippen molar-refractivity contribution in [1.29, 1.82) is 0 Å². The highest BCUT2D eigenvalue weighted by molar-refractivity contribution is 7.27. The highest BCUT2D eigenvalue weighted by Crippen LogP contribution is 2.47. The SMILES string of the molecule is c1cc(-c2cccc3c2sc2c3ccc3oc4ccccc4c32)cc(N(c2ccc(-c3ccc4c(c3)oc3ccccc34)cc2)c2cccc3c2oc2ccccc23)c1. The lowest BCUT2D eigenvalue weighted by atomic mass is 10.0. The third-order valence-corrected chi connectivity index (χ3v) is 13.2. The number of nitrogens with zero attached hydrogens (tertiary/aromatic N) is 1. The van der Waals surface area contributed by atoms with Gasteiger partial charge in [-0.1, -0.05) is 115 Å². The summed E-state index contributed by atoms with van der Waals surface area (Å²) in [6.45, 7) is 0. The molecule has 0 N–H and O–H groups in total. The summed E-state index contributed by atoms with van der Waals surface area (Å²) < 4.78 is 21.7. The molecule has 0 aliphatic carbocycles. The van der Waals surface area contributed by atoms with Crippen LogP contribution in [-0.2, 0) is 0 Å². The molecular formula is C54H31NO3S. The van der Waals surface area contributed by atoms with Crippen LogP contribution in [0, 0.1) is 0 Å². The topological polar surface area (TPSA) is 42.7 Å². The molecule has 0 spiro atoms. The van der Waals surface area contributed by atoms with E-state index in [2.05, 4.69) is 163 Å². The summed E-state index contributed by atoms with van der Waals surface area (Å²) in [5.41, 5.74) is 12.9. The number of benzene rings is 9. The van der Waals surface area contributed by atoms with Crippen molar-refractivity contribution in [3.05, 3.63) is 188 Å². The number of hydrogen-bond donors (Lipinski definition) is 0. The number of furan rings is 3. The van der Waals surface area contributed by atoms with Gasteiger partial charge in [0.1, 0.15) is 27.9 Å². The Morgan fingerprint density at radius 2 is 0.949 bits per heavy atom. The predicted octanol–water partition coefficient (Wildman–Crippen LogP) is 16.6. The van der Waals surface area contributed by atoms with E-state index >= 15 is 0 Å². The Morgan fingerprint density at radius 3 is 1.80 bits per heavy atom. The third-order valence-electron chi connectivity index (χ3n) is 11.9. The van der Waals surface area contributed by atoms with Crippen molar-refractivity contribution in [3.63, 3.8) is 0 Å². The van der Waals surface area contributed by atoms with E-state index in [9.17, 15) is 0 Å². The maximum absolute atomic E-state index is 6.67. The fourth-order valence-corrected chi connectivity index (χ4v) is 10.5. The third kappa shape index (κ3) is 4.89. The first-order valence-corrected chi connectivity index (χ1v) is 20.6. The zero-order chi connectivity index (χ0) is 38.6. The number of anilines is 3. The molecule has 4 aromatic heterocycles. The van der Waals surface area contributed by atoms with E-state index in [0.717, 1.165) is 94.2 Å². The summed E-state index contributed by atoms with van der Waals surface area (Å²) in [6, 6.07) is 66.5. The number of hydrogen-bond acceptors (Lipinski definition) is 5. The minimum Gasteiger partial charge on any atom is -0.456 e. The number of rotatable bonds is 5. The minimum absolute atomic E-state index is 0.849. The summed E-state index contributed by atoms with van der Waals surface area (Å²) in [5, 5.41) is 9.29. The Labute approximate surface area is 341 Å². The first-order valence-electron chi connectivity index (χ1n) is 19.8. The van der Waals surface area contributed by atoms with Crippen molar-refractivity contribution < 1.29 is 13.3 Å². The molecule has 13 aromatic rings. The van der Waals surface area contributed by atoms with Crippen molar-refractivity contribution in [3.8, 4) is 22.3 Å². The van der Waals surface area contributed by atoms with E-state index in [1.807, 2.05) is 41.7 Å². The predicted molar refractivity (Wildman–Crippen MR) is 247 cm³/mol. The monoisotopic (exact) mass is 773 g/mol. The quantitative estimate of drug-likeness (QED) is 0.175. The van der Waals surface area contributed by atoms with Crippen molar-refractivity contribution in [2.75, 3.05) is 4.90 Å². The molecule has 59 heavy (non-hydrogen) atoms. The van der Waals surface area contributed by atoms with Crippen LogP contribution >= 0.6 is 11.3 Å². The molecule has 0 amide bonds. The average molecular weight is 774 g/mol. The maximum Gasteiger partial charge on any atom is 0.159 e. The van der Waals surface area contributed by atoms with Gasteiger partial charge in [-0.25, -0.2) is 0 Å². The second-order valence-electron chi connectivity index (χ2n) is 15.2. The lowest BCUT2D eigenvalue weighted by Crippen LogP contribution is -2.10. The standard InChI is InChI=1S/C54H31NO3S/c1-4-19-46-38(12-1)40-27-24-33(31-50(40)57-46)32-22-25-35(26-23-32)55(45-18-9-16-41-39-13-2-5-20-47(39)58-52(41)45)36-11-7-10-34(30-36)37-15-8-17-42-43-28-29-49-51(54(43)59-53(37)42)44-14-3-6-21-48(44)56-49/h1-31H. The molecule has 9 aromatic carbocycles. The van der Waals surface area contributed by atoms with Gasteiger partial charge in [-0.3, -0.25) is 0 Å². The number of para-hydroxylation sites is 4. The molecule has 0 aliphatic heterocycles. The Balaban J connectivity index is 0.976. The lowest BCUT2D eigenvalue weighted by Gasteiger charge is -2.26. The van der Waals surface area contributed by atoms with E-state index in [-0.39, 0.29) is 0 Å². The van der Waals surface area contributed by atoms with Crippen LogP contribution in [-0.4, -0.2) is 0 Å². The Bertz CT molecular complexity index is 3810. The molecular weight excluding hydrogens is 743 g/mol. The van der Waals surface area contributed by atoms with Crippen molar-refractivity contribution >= 4 is 114 Å². The van der Waals surface area contributed by atoms with Crippen molar-refractivity contribution in [2.45, 2.75) is 0 Å². The molecule has 0 aliphatic rings. The van der Waals surface area contributed by atoms with Gasteiger partial charge in [-0.05, 0) is 95.1 Å². The largest absolute Gasteiger partial charge is 0.456 e. The number of thiophene rings is 1. The molecule has 4 heterocycles. The average Bonchev–Trinajstić information content (AvgIpc) is 4.06. The van der Waals surface area contributed by atoms with Gasteiger partial charge in [-0.2, -0.15) is 0 Å². The molecule has 0 bridgehead atoms. The first-order chi connectivity index (χ1) is 29.2. The molecule has 4 nitrogen and oxygen atoms in total. The Kier molecular flexibility index (Phi) is 6.85. The highest BCUT2D eigenvalue weighted by Gasteiger charge is 2.22. The van der Waals surface area contributed by atoms with Gasteiger partial charge in [0.25, 0.3) is 0 Å². The van der Waals surface area contributed by atoms with Crippen LogP contribution in [0.1, 0.15) is 0 Å². The van der Waals surface area contributed by atoms with Gasteiger partial charge >= 0.3 is 0 Å². The van der Waals surface area contributed by atoms with E-state index in [4.69, 9.17) is 13.3 Å². The van der Waals surface area contributed by atoms with Gasteiger partial charge in [0.15, 0.2) is 5.58 Å². The molecule has 0 unspecified atom stereocenters. The van der Waals surface area contributed by atoms with Gasteiger partial charge < -0.3 is 18.2 Å². The Hall–Kier alpha value is -7.60. The van der Waals surface area contributed by atoms with Crippen LogP contribution < -0.4 is 4.90 Å². The lowest BCUT2D eigenvalue weighted by molar-refractivity contribution is 0.668. The van der Waals surface area contributed by atoms with Crippen LogP contribution in [0.2, 0.25) is 0 Å². The molecule has 5 heteroatoms. The zero-order valence-electron chi connectivity index (χ0n) is 31.5. The molecule has 0 saturated heterocycles. The van der Waals surface area contributed by atoms with Crippen LogP contribution in [0.3, 0.4) is 0 Å². The normalized spacial score (nSPS) is 12.1. The molecule has 0 atom stereocenters. The summed E-state index contributed by atoms with van der Waals surface area (Å²) >= 11 is 1.85. The minimum atomic E-state index is 0.849. The molecule has 0 radical (unpaired) electrons. The van der Waals surface area contributed by atoms with Crippen LogP contribution in [0.5, 0.6) is 0 Å². The van der Waals surface area contributed by atoms with E-state index < -0.39 is 0 Å².